The van der Waals surface area contributed by atoms with Crippen molar-refractivity contribution >= 4 is 15.9 Å². The average molecular weight is 353 g/mol. The molecule has 0 heterocycles. The summed E-state index contributed by atoms with van der Waals surface area (Å²) in [5.41, 5.74) is 0.958. The van der Waals surface area contributed by atoms with Gasteiger partial charge in [-0.05, 0) is 37.0 Å². The summed E-state index contributed by atoms with van der Waals surface area (Å²) in [5, 5.41) is 11.3. The van der Waals surface area contributed by atoms with Gasteiger partial charge in [-0.3, -0.25) is 4.79 Å². The highest BCUT2D eigenvalue weighted by atomic mass is 32.2. The van der Waals surface area contributed by atoms with Crippen molar-refractivity contribution in [2.45, 2.75) is 55.9 Å². The van der Waals surface area contributed by atoms with Crippen LogP contribution in [-0.4, -0.2) is 33.5 Å². The van der Waals surface area contributed by atoms with Crippen LogP contribution >= 0.6 is 0 Å². The molecule has 0 unspecified atom stereocenters. The third-order valence-corrected chi connectivity index (χ3v) is 5.32. The Labute approximate surface area is 144 Å². The van der Waals surface area contributed by atoms with E-state index < -0.39 is 10.0 Å². The number of hydrogen-bond donors (Lipinski definition) is 3. The minimum Gasteiger partial charge on any atom is -0.355 e. The van der Waals surface area contributed by atoms with E-state index in [1.54, 1.807) is 12.1 Å². The highest BCUT2D eigenvalue weighted by Crippen LogP contribution is 2.16. The first kappa shape index (κ1) is 18.9. The van der Waals surface area contributed by atoms with Crippen LogP contribution in [0.3, 0.4) is 0 Å². The summed E-state index contributed by atoms with van der Waals surface area (Å²) in [6.07, 6.45) is 8.05. The van der Waals surface area contributed by atoms with Crippen LogP contribution in [0.5, 0.6) is 0 Å². The van der Waals surface area contributed by atoms with E-state index in [2.05, 4.69) is 10.6 Å². The number of rotatable bonds is 7. The molecule has 0 atom stereocenters. The standard InChI is InChI=1S/C17H27N3O3S/c18-24(22,23)16-9-7-14(8-10-16)11-12-19-17(21)13-20-15-5-3-1-2-4-6-15/h7-10,15,20H,1-6,11-13H2,(H,19,21)(H2,18,22,23). The van der Waals surface area contributed by atoms with Crippen molar-refractivity contribution < 1.29 is 13.2 Å². The maximum Gasteiger partial charge on any atom is 0.238 e. The topological polar surface area (TPSA) is 101 Å². The summed E-state index contributed by atoms with van der Waals surface area (Å²) in [6, 6.07) is 6.87. The molecule has 1 aromatic rings. The summed E-state index contributed by atoms with van der Waals surface area (Å²) >= 11 is 0. The second-order valence-electron chi connectivity index (χ2n) is 6.36. The quantitative estimate of drug-likeness (QED) is 0.643. The van der Waals surface area contributed by atoms with Gasteiger partial charge in [-0.1, -0.05) is 37.8 Å². The number of sulfonamides is 1. The van der Waals surface area contributed by atoms with Crippen LogP contribution in [-0.2, 0) is 21.2 Å². The van der Waals surface area contributed by atoms with E-state index in [1.165, 1.54) is 37.8 Å². The zero-order valence-electron chi connectivity index (χ0n) is 14.0. The summed E-state index contributed by atoms with van der Waals surface area (Å²) < 4.78 is 22.4. The Hall–Kier alpha value is -1.44. The van der Waals surface area contributed by atoms with Gasteiger partial charge in [0, 0.05) is 12.6 Å². The largest absolute Gasteiger partial charge is 0.355 e. The fourth-order valence-electron chi connectivity index (χ4n) is 2.98. The number of benzene rings is 1. The molecule has 1 aliphatic rings. The SMILES string of the molecule is NS(=O)(=O)c1ccc(CCNC(=O)CNC2CCCCCC2)cc1. The molecule has 0 saturated heterocycles. The van der Waals surface area contributed by atoms with Gasteiger partial charge in [0.05, 0.1) is 11.4 Å². The zero-order chi connectivity index (χ0) is 17.4. The third-order valence-electron chi connectivity index (χ3n) is 4.39. The predicted molar refractivity (Wildman–Crippen MR) is 94.0 cm³/mol. The van der Waals surface area contributed by atoms with Gasteiger partial charge in [0.2, 0.25) is 15.9 Å². The molecule has 2 rings (SSSR count). The summed E-state index contributed by atoms with van der Waals surface area (Å²) in [6.45, 7) is 0.884. The van der Waals surface area contributed by atoms with Crippen LogP contribution in [0.25, 0.3) is 0 Å². The lowest BCUT2D eigenvalue weighted by Crippen LogP contribution is -2.39. The molecule has 7 heteroatoms. The number of carbonyl (C=O) groups excluding carboxylic acids is 1. The van der Waals surface area contributed by atoms with Crippen molar-refractivity contribution in [3.05, 3.63) is 29.8 Å². The molecule has 24 heavy (non-hydrogen) atoms. The highest BCUT2D eigenvalue weighted by Gasteiger charge is 2.12. The van der Waals surface area contributed by atoms with Crippen LogP contribution in [0.15, 0.2) is 29.2 Å². The van der Waals surface area contributed by atoms with Crippen molar-refractivity contribution in [3.8, 4) is 0 Å². The summed E-state index contributed by atoms with van der Waals surface area (Å²) in [5.74, 6) is 0.000373. The fourth-order valence-corrected chi connectivity index (χ4v) is 3.49. The van der Waals surface area contributed by atoms with Crippen LogP contribution in [0.2, 0.25) is 0 Å². The maximum absolute atomic E-state index is 11.9. The molecule has 0 spiro atoms. The number of nitrogens with one attached hydrogen (secondary N) is 2. The molecule has 0 bridgehead atoms. The molecular formula is C17H27N3O3S. The van der Waals surface area contributed by atoms with Crippen LogP contribution in [0, 0.1) is 0 Å². The summed E-state index contributed by atoms with van der Waals surface area (Å²) in [4.78, 5) is 12.0. The molecule has 0 aliphatic heterocycles. The molecule has 4 N–H and O–H groups in total. The van der Waals surface area contributed by atoms with Gasteiger partial charge in [-0.2, -0.15) is 0 Å². The molecule has 1 saturated carbocycles. The van der Waals surface area contributed by atoms with Gasteiger partial charge in [-0.25, -0.2) is 13.6 Å². The van der Waals surface area contributed by atoms with E-state index in [-0.39, 0.29) is 10.8 Å². The lowest BCUT2D eigenvalue weighted by molar-refractivity contribution is -0.120. The molecule has 1 aromatic carbocycles. The van der Waals surface area contributed by atoms with E-state index in [0.29, 0.717) is 25.6 Å². The molecule has 0 radical (unpaired) electrons. The number of hydrogen-bond acceptors (Lipinski definition) is 4. The van der Waals surface area contributed by atoms with E-state index in [0.717, 1.165) is 18.4 Å². The zero-order valence-corrected chi connectivity index (χ0v) is 14.8. The van der Waals surface area contributed by atoms with Crippen LogP contribution < -0.4 is 15.8 Å². The van der Waals surface area contributed by atoms with Crippen molar-refractivity contribution in [3.63, 3.8) is 0 Å². The Bertz CT molecular complexity index is 621. The van der Waals surface area contributed by atoms with Gasteiger partial charge in [-0.15, -0.1) is 0 Å². The second-order valence-corrected chi connectivity index (χ2v) is 7.92. The molecule has 1 amide bonds. The van der Waals surface area contributed by atoms with Gasteiger partial charge >= 0.3 is 0 Å². The first-order valence-corrected chi connectivity index (χ1v) is 10.1. The number of amides is 1. The Morgan fingerprint density at radius 1 is 1.08 bits per heavy atom. The fraction of sp³-hybridized carbons (Fsp3) is 0.588. The van der Waals surface area contributed by atoms with Gasteiger partial charge < -0.3 is 10.6 Å². The molecule has 1 aliphatic carbocycles. The Kier molecular flexibility index (Phi) is 7.20. The van der Waals surface area contributed by atoms with Gasteiger partial charge in [0.25, 0.3) is 0 Å². The minimum atomic E-state index is -3.65. The smallest absolute Gasteiger partial charge is 0.238 e. The Balaban J connectivity index is 1.66. The van der Waals surface area contributed by atoms with Gasteiger partial charge in [0.1, 0.15) is 0 Å². The molecular weight excluding hydrogens is 326 g/mol. The van der Waals surface area contributed by atoms with Crippen LogP contribution in [0.4, 0.5) is 0 Å². The van der Waals surface area contributed by atoms with Crippen LogP contribution in [0.1, 0.15) is 44.1 Å². The van der Waals surface area contributed by atoms with Crippen molar-refractivity contribution in [1.82, 2.24) is 10.6 Å². The second kappa shape index (κ2) is 9.15. The number of nitrogens with two attached hydrogens (primary N) is 1. The Morgan fingerprint density at radius 2 is 1.71 bits per heavy atom. The molecule has 6 nitrogen and oxygen atoms in total. The highest BCUT2D eigenvalue weighted by molar-refractivity contribution is 7.89. The number of carbonyl (C=O) groups is 1. The molecule has 134 valence electrons. The first-order chi connectivity index (χ1) is 11.4. The first-order valence-electron chi connectivity index (χ1n) is 8.57. The van der Waals surface area contributed by atoms with E-state index in [9.17, 15) is 13.2 Å². The average Bonchev–Trinajstić information content (AvgIpc) is 2.81. The lowest BCUT2D eigenvalue weighted by atomic mass is 10.1. The monoisotopic (exact) mass is 353 g/mol. The van der Waals surface area contributed by atoms with Gasteiger partial charge in [0.15, 0.2) is 0 Å². The summed E-state index contributed by atoms with van der Waals surface area (Å²) in [7, 11) is -3.65. The lowest BCUT2D eigenvalue weighted by Gasteiger charge is -2.15. The van der Waals surface area contributed by atoms with Crippen molar-refractivity contribution in [2.24, 2.45) is 5.14 Å². The molecule has 1 fully saturated rings. The van der Waals surface area contributed by atoms with Crippen molar-refractivity contribution in [2.75, 3.05) is 13.1 Å². The van der Waals surface area contributed by atoms with E-state index >= 15 is 0 Å². The number of primary sulfonamides is 1. The third kappa shape index (κ3) is 6.59. The van der Waals surface area contributed by atoms with E-state index in [4.69, 9.17) is 5.14 Å². The maximum atomic E-state index is 11.9. The minimum absolute atomic E-state index is 0.000373. The van der Waals surface area contributed by atoms with Crippen molar-refractivity contribution in [1.29, 1.82) is 0 Å². The normalized spacial score (nSPS) is 16.5. The molecule has 0 aromatic heterocycles. The Morgan fingerprint density at radius 3 is 2.29 bits per heavy atom. The predicted octanol–water partition coefficient (Wildman–Crippen LogP) is 1.31. The van der Waals surface area contributed by atoms with E-state index in [1.807, 2.05) is 0 Å².